The summed E-state index contributed by atoms with van der Waals surface area (Å²) in [6, 6.07) is 4.46. The number of rotatable bonds is 4. The number of sulfone groups is 1. The highest BCUT2D eigenvalue weighted by Crippen LogP contribution is 2.29. The van der Waals surface area contributed by atoms with Crippen molar-refractivity contribution in [3.05, 3.63) is 28.2 Å². The molecule has 1 aromatic rings. The molecule has 2 atom stereocenters. The lowest BCUT2D eigenvalue weighted by Gasteiger charge is -2.14. The minimum absolute atomic E-state index is 0.0631. The number of amides is 1. The van der Waals surface area contributed by atoms with Crippen LogP contribution in [0.5, 0.6) is 0 Å². The van der Waals surface area contributed by atoms with E-state index in [0.29, 0.717) is 10.7 Å². The molecule has 1 aliphatic rings. The Balaban J connectivity index is 1.90. The Bertz CT molecular complexity index is 651. The van der Waals surface area contributed by atoms with E-state index in [4.69, 9.17) is 34.8 Å². The molecule has 1 aromatic carbocycles. The molecule has 116 valence electrons. The van der Waals surface area contributed by atoms with Gasteiger partial charge in [0, 0.05) is 6.04 Å². The molecule has 0 aromatic heterocycles. The molecule has 0 spiro atoms. The van der Waals surface area contributed by atoms with Crippen LogP contribution in [0.15, 0.2) is 18.2 Å². The molecule has 1 heterocycles. The Labute approximate surface area is 137 Å². The second kappa shape index (κ2) is 6.71. The molecule has 21 heavy (non-hydrogen) atoms. The molecule has 1 amide bonds. The fourth-order valence-corrected chi connectivity index (χ4v) is 4.97. The van der Waals surface area contributed by atoms with Crippen molar-refractivity contribution in [2.45, 2.75) is 11.4 Å². The van der Waals surface area contributed by atoms with Crippen molar-refractivity contribution in [1.29, 1.82) is 0 Å². The third kappa shape index (κ3) is 4.47. The maximum Gasteiger partial charge on any atom is 0.238 e. The van der Waals surface area contributed by atoms with Crippen LogP contribution in [0.25, 0.3) is 0 Å². The highest BCUT2D eigenvalue weighted by Gasteiger charge is 2.36. The van der Waals surface area contributed by atoms with E-state index in [2.05, 4.69) is 10.6 Å². The van der Waals surface area contributed by atoms with Crippen LogP contribution in [0.4, 0.5) is 5.69 Å². The van der Waals surface area contributed by atoms with Crippen molar-refractivity contribution in [3.8, 4) is 0 Å². The molecule has 0 radical (unpaired) electrons. The molecule has 1 fully saturated rings. The molecule has 0 saturated carbocycles. The molecule has 5 nitrogen and oxygen atoms in total. The SMILES string of the molecule is O=C(CNC1CS(=O)(=O)CC1Cl)Nc1cccc(Cl)c1Cl. The van der Waals surface area contributed by atoms with Gasteiger partial charge in [-0.25, -0.2) is 8.42 Å². The second-order valence-corrected chi connectivity index (χ2v) is 8.23. The van der Waals surface area contributed by atoms with Crippen molar-refractivity contribution >= 4 is 56.2 Å². The molecular weight excluding hydrogens is 359 g/mol. The van der Waals surface area contributed by atoms with Crippen LogP contribution in [-0.4, -0.2) is 43.8 Å². The first-order valence-corrected chi connectivity index (χ1v) is 9.11. The monoisotopic (exact) mass is 370 g/mol. The zero-order valence-corrected chi connectivity index (χ0v) is 13.9. The van der Waals surface area contributed by atoms with Gasteiger partial charge < -0.3 is 10.6 Å². The maximum absolute atomic E-state index is 11.8. The average molecular weight is 372 g/mol. The lowest BCUT2D eigenvalue weighted by molar-refractivity contribution is -0.115. The van der Waals surface area contributed by atoms with Gasteiger partial charge in [0.05, 0.1) is 39.2 Å². The summed E-state index contributed by atoms with van der Waals surface area (Å²) in [7, 11) is -3.13. The van der Waals surface area contributed by atoms with Gasteiger partial charge in [0.2, 0.25) is 5.91 Å². The Morgan fingerprint density at radius 3 is 2.62 bits per heavy atom. The summed E-state index contributed by atoms with van der Waals surface area (Å²) >= 11 is 17.7. The number of carbonyl (C=O) groups is 1. The summed E-state index contributed by atoms with van der Waals surface area (Å²) in [6.45, 7) is -0.0632. The van der Waals surface area contributed by atoms with E-state index in [0.717, 1.165) is 0 Å². The van der Waals surface area contributed by atoms with Gasteiger partial charge in [-0.2, -0.15) is 0 Å². The van der Waals surface area contributed by atoms with Crippen LogP contribution in [0.1, 0.15) is 0 Å². The predicted octanol–water partition coefficient (Wildman–Crippen LogP) is 1.93. The van der Waals surface area contributed by atoms with E-state index in [-0.39, 0.29) is 29.0 Å². The topological polar surface area (TPSA) is 75.3 Å². The van der Waals surface area contributed by atoms with E-state index >= 15 is 0 Å². The Kier molecular flexibility index (Phi) is 5.38. The van der Waals surface area contributed by atoms with Gasteiger partial charge in [-0.15, -0.1) is 11.6 Å². The highest BCUT2D eigenvalue weighted by atomic mass is 35.5. The number of halogens is 3. The van der Waals surface area contributed by atoms with E-state index in [1.165, 1.54) is 0 Å². The van der Waals surface area contributed by atoms with Crippen LogP contribution in [-0.2, 0) is 14.6 Å². The van der Waals surface area contributed by atoms with Crippen LogP contribution < -0.4 is 10.6 Å². The smallest absolute Gasteiger partial charge is 0.238 e. The van der Waals surface area contributed by atoms with Crippen LogP contribution in [0, 0.1) is 0 Å². The number of carbonyl (C=O) groups excluding carboxylic acids is 1. The summed E-state index contributed by atoms with van der Waals surface area (Å²) in [5, 5.41) is 5.51. The third-order valence-corrected chi connectivity index (χ3v) is 6.23. The summed E-state index contributed by atoms with van der Waals surface area (Å²) in [6.07, 6.45) is 0. The quantitative estimate of drug-likeness (QED) is 0.793. The highest BCUT2D eigenvalue weighted by molar-refractivity contribution is 7.91. The largest absolute Gasteiger partial charge is 0.324 e. The number of nitrogens with one attached hydrogen (secondary N) is 2. The van der Waals surface area contributed by atoms with Gasteiger partial charge in [0.25, 0.3) is 0 Å². The minimum atomic E-state index is -3.13. The van der Waals surface area contributed by atoms with Crippen LogP contribution in [0.3, 0.4) is 0 Å². The standard InChI is InChI=1S/C12H13Cl3N2O3S/c13-7-2-1-3-9(12(7)15)17-11(18)4-16-10-6-21(19,20)5-8(10)14/h1-3,8,10,16H,4-6H2,(H,17,18). The molecule has 2 unspecified atom stereocenters. The van der Waals surface area contributed by atoms with Crippen molar-refractivity contribution in [3.63, 3.8) is 0 Å². The van der Waals surface area contributed by atoms with Crippen molar-refractivity contribution in [1.82, 2.24) is 5.32 Å². The van der Waals surface area contributed by atoms with Crippen LogP contribution >= 0.6 is 34.8 Å². The Morgan fingerprint density at radius 1 is 1.29 bits per heavy atom. The maximum atomic E-state index is 11.8. The summed E-state index contributed by atoms with van der Waals surface area (Å²) in [5.41, 5.74) is 0.400. The van der Waals surface area contributed by atoms with Gasteiger partial charge in [-0.1, -0.05) is 29.3 Å². The van der Waals surface area contributed by atoms with Gasteiger partial charge >= 0.3 is 0 Å². The van der Waals surface area contributed by atoms with E-state index in [1.807, 2.05) is 0 Å². The van der Waals surface area contributed by atoms with Gasteiger partial charge in [-0.05, 0) is 12.1 Å². The fraction of sp³-hybridized carbons (Fsp3) is 0.417. The predicted molar refractivity (Wildman–Crippen MR) is 85.2 cm³/mol. The molecule has 1 aliphatic heterocycles. The first-order valence-electron chi connectivity index (χ1n) is 6.10. The fourth-order valence-electron chi connectivity index (χ4n) is 2.01. The molecule has 0 aliphatic carbocycles. The van der Waals surface area contributed by atoms with Crippen molar-refractivity contribution < 1.29 is 13.2 Å². The Morgan fingerprint density at radius 2 is 2.00 bits per heavy atom. The van der Waals surface area contributed by atoms with Crippen LogP contribution in [0.2, 0.25) is 10.0 Å². The average Bonchev–Trinajstić information content (AvgIpc) is 2.65. The molecule has 1 saturated heterocycles. The van der Waals surface area contributed by atoms with E-state index in [1.54, 1.807) is 18.2 Å². The number of hydrogen-bond donors (Lipinski definition) is 2. The zero-order valence-electron chi connectivity index (χ0n) is 10.8. The van der Waals surface area contributed by atoms with Crippen molar-refractivity contribution in [2.75, 3.05) is 23.4 Å². The number of hydrogen-bond acceptors (Lipinski definition) is 4. The lowest BCUT2D eigenvalue weighted by atomic mass is 10.2. The molecule has 9 heteroatoms. The third-order valence-electron chi connectivity index (χ3n) is 3.03. The molecular formula is C12H13Cl3N2O3S. The van der Waals surface area contributed by atoms with E-state index < -0.39 is 21.3 Å². The molecule has 0 bridgehead atoms. The van der Waals surface area contributed by atoms with Gasteiger partial charge in [0.15, 0.2) is 9.84 Å². The van der Waals surface area contributed by atoms with Gasteiger partial charge in [0.1, 0.15) is 0 Å². The van der Waals surface area contributed by atoms with Gasteiger partial charge in [-0.3, -0.25) is 4.79 Å². The summed E-state index contributed by atoms with van der Waals surface area (Å²) < 4.78 is 22.8. The lowest BCUT2D eigenvalue weighted by Crippen LogP contribution is -2.41. The number of alkyl halides is 1. The molecule has 2 N–H and O–H groups in total. The first-order chi connectivity index (χ1) is 9.78. The number of anilines is 1. The van der Waals surface area contributed by atoms with E-state index in [9.17, 15) is 13.2 Å². The van der Waals surface area contributed by atoms with Crippen molar-refractivity contribution in [2.24, 2.45) is 0 Å². The minimum Gasteiger partial charge on any atom is -0.324 e. The second-order valence-electron chi connectivity index (χ2n) is 4.73. The number of benzene rings is 1. The zero-order chi connectivity index (χ0) is 15.6. The first kappa shape index (κ1) is 16.8. The summed E-state index contributed by atoms with van der Waals surface area (Å²) in [4.78, 5) is 11.8. The molecule has 2 rings (SSSR count). The normalized spacial score (nSPS) is 24.0. The summed E-state index contributed by atoms with van der Waals surface area (Å²) in [5.74, 6) is -0.493. The Hall–Kier alpha value is -0.530.